The Hall–Kier alpha value is -2.28. The number of methoxy groups -OCH3 is 3. The molecular formula is C23H32O6. The van der Waals surface area contributed by atoms with Crippen molar-refractivity contribution >= 4 is 0 Å². The summed E-state index contributed by atoms with van der Waals surface area (Å²) in [5, 5.41) is 21.1. The number of aliphatic hydroxyl groups excluding tert-OH is 2. The molecule has 0 aliphatic rings. The number of hydrogen-bond acceptors (Lipinski definition) is 6. The van der Waals surface area contributed by atoms with Gasteiger partial charge in [-0.1, -0.05) is 43.7 Å². The van der Waals surface area contributed by atoms with Crippen molar-refractivity contribution in [2.45, 2.75) is 51.1 Å². The van der Waals surface area contributed by atoms with E-state index in [1.807, 2.05) is 37.3 Å². The fourth-order valence-corrected chi connectivity index (χ4v) is 3.31. The van der Waals surface area contributed by atoms with E-state index in [-0.39, 0.29) is 6.42 Å². The monoisotopic (exact) mass is 404 g/mol. The van der Waals surface area contributed by atoms with Crippen LogP contribution in [0.1, 0.15) is 43.4 Å². The third-order valence-corrected chi connectivity index (χ3v) is 4.77. The van der Waals surface area contributed by atoms with Crippen molar-refractivity contribution in [3.63, 3.8) is 0 Å². The number of hydrogen-bond donors (Lipinski definition) is 2. The van der Waals surface area contributed by atoms with Crippen LogP contribution in [0, 0.1) is 0 Å². The Bertz CT molecular complexity index is 708. The first-order chi connectivity index (χ1) is 14.0. The summed E-state index contributed by atoms with van der Waals surface area (Å²) in [5.41, 5.74) is 1.68. The van der Waals surface area contributed by atoms with Crippen molar-refractivity contribution in [3.05, 3.63) is 53.6 Å². The Kier molecular flexibility index (Phi) is 9.25. The highest BCUT2D eigenvalue weighted by Crippen LogP contribution is 2.41. The van der Waals surface area contributed by atoms with E-state index >= 15 is 0 Å². The van der Waals surface area contributed by atoms with E-state index in [0.29, 0.717) is 35.8 Å². The zero-order valence-corrected chi connectivity index (χ0v) is 17.6. The van der Waals surface area contributed by atoms with E-state index in [2.05, 4.69) is 0 Å². The van der Waals surface area contributed by atoms with Crippen molar-refractivity contribution < 1.29 is 29.2 Å². The summed E-state index contributed by atoms with van der Waals surface area (Å²) < 4.78 is 22.4. The normalized spacial score (nSPS) is 14.1. The van der Waals surface area contributed by atoms with Gasteiger partial charge in [0, 0.05) is 6.42 Å². The number of aliphatic hydroxyl groups is 2. The molecule has 160 valence electrons. The highest BCUT2D eigenvalue weighted by molar-refractivity contribution is 5.54. The first-order valence-electron chi connectivity index (χ1n) is 9.85. The highest BCUT2D eigenvalue weighted by Gasteiger charge is 2.27. The molecule has 0 amide bonds. The van der Waals surface area contributed by atoms with Crippen LogP contribution in [0.5, 0.6) is 17.2 Å². The minimum Gasteiger partial charge on any atom is -0.493 e. The molecule has 0 fully saturated rings. The molecule has 3 atom stereocenters. The summed E-state index contributed by atoms with van der Waals surface area (Å²) in [5.74, 6) is 1.44. The SMILES string of the molecule is CCC[C@H](O)C[C@@H](O)[C@@H](OCc1ccccc1)c1cc(OC)c(OC)c(OC)c1. The fourth-order valence-electron chi connectivity index (χ4n) is 3.31. The maximum atomic E-state index is 10.9. The van der Waals surface area contributed by atoms with Crippen LogP contribution in [-0.4, -0.2) is 43.8 Å². The molecule has 0 aliphatic carbocycles. The lowest BCUT2D eigenvalue weighted by molar-refractivity contribution is -0.0653. The average Bonchev–Trinajstić information content (AvgIpc) is 2.73. The van der Waals surface area contributed by atoms with E-state index in [4.69, 9.17) is 18.9 Å². The van der Waals surface area contributed by atoms with Gasteiger partial charge < -0.3 is 29.2 Å². The minimum absolute atomic E-state index is 0.212. The smallest absolute Gasteiger partial charge is 0.203 e. The summed E-state index contributed by atoms with van der Waals surface area (Å²) in [6, 6.07) is 13.3. The topological polar surface area (TPSA) is 77.4 Å². The third kappa shape index (κ3) is 6.35. The van der Waals surface area contributed by atoms with Crippen LogP contribution in [0.2, 0.25) is 0 Å². The molecule has 0 radical (unpaired) electrons. The van der Waals surface area contributed by atoms with Gasteiger partial charge in [-0.3, -0.25) is 0 Å². The molecule has 0 bridgehead atoms. The lowest BCUT2D eigenvalue weighted by Crippen LogP contribution is -2.26. The standard InChI is InChI=1S/C23H32O6/c1-5-9-18(24)14-19(25)22(29-15-16-10-7-6-8-11-16)17-12-20(26-2)23(28-4)21(13-17)27-3/h6-8,10-13,18-19,22,24-25H,5,9,14-15H2,1-4H3/t18-,19+,22-/m0/s1. The summed E-state index contributed by atoms with van der Waals surface area (Å²) in [6.07, 6.45) is -0.492. The predicted octanol–water partition coefficient (Wildman–Crippen LogP) is 3.88. The molecule has 2 aromatic carbocycles. The first-order valence-corrected chi connectivity index (χ1v) is 9.85. The maximum Gasteiger partial charge on any atom is 0.203 e. The van der Waals surface area contributed by atoms with Crippen molar-refractivity contribution in [1.29, 1.82) is 0 Å². The van der Waals surface area contributed by atoms with Gasteiger partial charge in [-0.2, -0.15) is 0 Å². The van der Waals surface area contributed by atoms with Crippen LogP contribution in [-0.2, 0) is 11.3 Å². The molecule has 0 aromatic heterocycles. The number of rotatable bonds is 12. The van der Waals surface area contributed by atoms with Crippen LogP contribution in [0.3, 0.4) is 0 Å². The first kappa shape index (κ1) is 23.0. The van der Waals surface area contributed by atoms with E-state index < -0.39 is 18.3 Å². The van der Waals surface area contributed by atoms with E-state index in [9.17, 15) is 10.2 Å². The van der Waals surface area contributed by atoms with Crippen LogP contribution in [0.15, 0.2) is 42.5 Å². The molecule has 0 spiro atoms. The Morgan fingerprint density at radius 1 is 0.897 bits per heavy atom. The second-order valence-corrected chi connectivity index (χ2v) is 6.92. The molecule has 2 N–H and O–H groups in total. The molecule has 0 saturated carbocycles. The van der Waals surface area contributed by atoms with Gasteiger partial charge in [0.2, 0.25) is 5.75 Å². The summed E-state index contributed by atoms with van der Waals surface area (Å²) in [4.78, 5) is 0. The van der Waals surface area contributed by atoms with Crippen LogP contribution >= 0.6 is 0 Å². The van der Waals surface area contributed by atoms with Gasteiger partial charge in [0.15, 0.2) is 11.5 Å². The Balaban J connectivity index is 2.34. The van der Waals surface area contributed by atoms with Gasteiger partial charge in [0.05, 0.1) is 40.1 Å². The lowest BCUT2D eigenvalue weighted by Gasteiger charge is -2.27. The van der Waals surface area contributed by atoms with Gasteiger partial charge in [-0.05, 0) is 29.7 Å². The minimum atomic E-state index is -0.900. The quantitative estimate of drug-likeness (QED) is 0.559. The molecule has 0 unspecified atom stereocenters. The molecule has 0 aliphatic heterocycles. The van der Waals surface area contributed by atoms with Crippen LogP contribution in [0.4, 0.5) is 0 Å². The van der Waals surface area contributed by atoms with Crippen molar-refractivity contribution in [3.8, 4) is 17.2 Å². The maximum absolute atomic E-state index is 10.9. The zero-order valence-electron chi connectivity index (χ0n) is 17.6. The molecule has 2 rings (SSSR count). The second-order valence-electron chi connectivity index (χ2n) is 6.92. The van der Waals surface area contributed by atoms with Gasteiger partial charge in [0.1, 0.15) is 6.10 Å². The Morgan fingerprint density at radius 3 is 2.03 bits per heavy atom. The largest absolute Gasteiger partial charge is 0.493 e. The van der Waals surface area contributed by atoms with Crippen LogP contribution in [0.25, 0.3) is 0 Å². The molecule has 6 nitrogen and oxygen atoms in total. The van der Waals surface area contributed by atoms with E-state index in [1.54, 1.807) is 33.5 Å². The summed E-state index contributed by atoms with van der Waals surface area (Å²) in [6.45, 7) is 2.32. The highest BCUT2D eigenvalue weighted by atomic mass is 16.5. The Morgan fingerprint density at radius 2 is 1.52 bits per heavy atom. The van der Waals surface area contributed by atoms with Gasteiger partial charge in [-0.15, -0.1) is 0 Å². The van der Waals surface area contributed by atoms with E-state index in [1.165, 1.54) is 0 Å². The van der Waals surface area contributed by atoms with Gasteiger partial charge >= 0.3 is 0 Å². The molecule has 29 heavy (non-hydrogen) atoms. The molecule has 0 heterocycles. The average molecular weight is 405 g/mol. The van der Waals surface area contributed by atoms with Crippen molar-refractivity contribution in [2.75, 3.05) is 21.3 Å². The van der Waals surface area contributed by atoms with Crippen molar-refractivity contribution in [1.82, 2.24) is 0 Å². The second kappa shape index (κ2) is 11.7. The number of ether oxygens (including phenoxy) is 4. The molecule has 2 aromatic rings. The fraction of sp³-hybridized carbons (Fsp3) is 0.478. The molecule has 0 saturated heterocycles. The summed E-state index contributed by atoms with van der Waals surface area (Å²) >= 11 is 0. The van der Waals surface area contributed by atoms with Crippen molar-refractivity contribution in [2.24, 2.45) is 0 Å². The van der Waals surface area contributed by atoms with Crippen LogP contribution < -0.4 is 14.2 Å². The number of benzene rings is 2. The predicted molar refractivity (Wildman–Crippen MR) is 112 cm³/mol. The molecule has 6 heteroatoms. The zero-order chi connectivity index (χ0) is 21.2. The third-order valence-electron chi connectivity index (χ3n) is 4.77. The Labute approximate surface area is 173 Å². The van der Waals surface area contributed by atoms with Gasteiger partial charge in [-0.25, -0.2) is 0 Å². The van der Waals surface area contributed by atoms with E-state index in [0.717, 1.165) is 12.0 Å². The molecular weight excluding hydrogens is 372 g/mol. The summed E-state index contributed by atoms with van der Waals surface area (Å²) in [7, 11) is 4.63. The van der Waals surface area contributed by atoms with Gasteiger partial charge in [0.25, 0.3) is 0 Å². The lowest BCUT2D eigenvalue weighted by atomic mass is 9.97.